The minimum absolute atomic E-state index is 0.0948. The molecule has 0 spiro atoms. The molecule has 0 aliphatic heterocycles. The fourth-order valence-electron chi connectivity index (χ4n) is 3.26. The summed E-state index contributed by atoms with van der Waals surface area (Å²) in [5.74, 6) is 0. The lowest BCUT2D eigenvalue weighted by molar-refractivity contribution is -0.0303. The Kier molecular flexibility index (Phi) is 3.81. The van der Waals surface area contributed by atoms with E-state index in [1.807, 2.05) is 35.0 Å². The highest BCUT2D eigenvalue weighted by molar-refractivity contribution is 6.30. The maximum absolute atomic E-state index is 11.1. The molecule has 1 heterocycles. The quantitative estimate of drug-likeness (QED) is 0.933. The van der Waals surface area contributed by atoms with Crippen molar-refractivity contribution < 1.29 is 5.11 Å². The average molecular weight is 291 g/mol. The van der Waals surface area contributed by atoms with Crippen LogP contribution in [-0.2, 0) is 0 Å². The molecule has 3 nitrogen and oxygen atoms in total. The normalized spacial score (nSPS) is 19.7. The van der Waals surface area contributed by atoms with E-state index in [9.17, 15) is 5.11 Å². The maximum Gasteiger partial charge on any atom is 0.0952 e. The van der Waals surface area contributed by atoms with Crippen molar-refractivity contribution in [3.05, 3.63) is 53.6 Å². The van der Waals surface area contributed by atoms with Crippen LogP contribution >= 0.6 is 11.6 Å². The first-order valence-electron chi connectivity index (χ1n) is 7.14. The molecule has 0 radical (unpaired) electrons. The van der Waals surface area contributed by atoms with Crippen LogP contribution in [0, 0.1) is 0 Å². The monoisotopic (exact) mass is 290 g/mol. The molecule has 1 aromatic carbocycles. The molecule has 1 unspecified atom stereocenters. The van der Waals surface area contributed by atoms with Gasteiger partial charge < -0.3 is 9.67 Å². The van der Waals surface area contributed by atoms with Crippen molar-refractivity contribution in [2.75, 3.05) is 0 Å². The highest BCUT2D eigenvalue weighted by Crippen LogP contribution is 2.40. The van der Waals surface area contributed by atoms with Gasteiger partial charge in [-0.15, -0.1) is 0 Å². The fraction of sp³-hybridized carbons (Fsp3) is 0.438. The van der Waals surface area contributed by atoms with E-state index in [1.54, 1.807) is 12.5 Å². The van der Waals surface area contributed by atoms with E-state index < -0.39 is 5.60 Å². The van der Waals surface area contributed by atoms with Crippen molar-refractivity contribution in [2.24, 2.45) is 0 Å². The van der Waals surface area contributed by atoms with E-state index in [0.29, 0.717) is 5.02 Å². The standard InChI is InChI=1S/C16H19ClN2O/c17-14-6-4-13(5-7-14)15(19-11-10-18-12-19)16(20)8-2-1-3-9-16/h4-7,10-12,15,20H,1-3,8-9H2. The summed E-state index contributed by atoms with van der Waals surface area (Å²) in [7, 11) is 0. The van der Waals surface area contributed by atoms with Gasteiger partial charge in [0.05, 0.1) is 18.0 Å². The van der Waals surface area contributed by atoms with E-state index in [2.05, 4.69) is 4.98 Å². The van der Waals surface area contributed by atoms with E-state index >= 15 is 0 Å². The summed E-state index contributed by atoms with van der Waals surface area (Å²) < 4.78 is 2.01. The Hall–Kier alpha value is -1.32. The average Bonchev–Trinajstić information content (AvgIpc) is 2.96. The van der Waals surface area contributed by atoms with Gasteiger partial charge in [0.15, 0.2) is 0 Å². The molecule has 0 saturated heterocycles. The molecular weight excluding hydrogens is 272 g/mol. The predicted octanol–water partition coefficient (Wildman–Crippen LogP) is 3.82. The molecule has 1 saturated carbocycles. The smallest absolute Gasteiger partial charge is 0.0952 e. The summed E-state index contributed by atoms with van der Waals surface area (Å²) in [4.78, 5) is 4.14. The summed E-state index contributed by atoms with van der Waals surface area (Å²) in [5, 5.41) is 11.9. The van der Waals surface area contributed by atoms with Crippen LogP contribution in [0.4, 0.5) is 0 Å². The number of aliphatic hydroxyl groups is 1. The van der Waals surface area contributed by atoms with Gasteiger partial charge in [-0.3, -0.25) is 0 Å². The van der Waals surface area contributed by atoms with Gasteiger partial charge in [0.2, 0.25) is 0 Å². The van der Waals surface area contributed by atoms with Gasteiger partial charge in [0.1, 0.15) is 0 Å². The Labute approximate surface area is 124 Å². The third-order valence-electron chi connectivity index (χ3n) is 4.24. The largest absolute Gasteiger partial charge is 0.387 e. The van der Waals surface area contributed by atoms with Crippen molar-refractivity contribution in [1.29, 1.82) is 0 Å². The van der Waals surface area contributed by atoms with Crippen molar-refractivity contribution in [3.8, 4) is 0 Å². The van der Waals surface area contributed by atoms with Crippen molar-refractivity contribution in [2.45, 2.75) is 43.7 Å². The number of aromatic nitrogens is 2. The van der Waals surface area contributed by atoms with Crippen molar-refractivity contribution in [3.63, 3.8) is 0 Å². The maximum atomic E-state index is 11.1. The SMILES string of the molecule is OC1(C(c2ccc(Cl)cc2)n2ccnc2)CCCCC1. The van der Waals surface area contributed by atoms with E-state index in [1.165, 1.54) is 6.42 Å². The lowest BCUT2D eigenvalue weighted by Crippen LogP contribution is -2.41. The van der Waals surface area contributed by atoms with Crippen LogP contribution in [0.25, 0.3) is 0 Å². The Morgan fingerprint density at radius 2 is 1.85 bits per heavy atom. The molecule has 0 bridgehead atoms. The summed E-state index contributed by atoms with van der Waals surface area (Å²) >= 11 is 5.98. The number of hydrogen-bond acceptors (Lipinski definition) is 2. The van der Waals surface area contributed by atoms with Gasteiger partial charge in [0, 0.05) is 17.4 Å². The summed E-state index contributed by atoms with van der Waals surface area (Å²) in [6, 6.07) is 7.67. The molecule has 1 atom stereocenters. The van der Waals surface area contributed by atoms with Crippen LogP contribution in [0.1, 0.15) is 43.7 Å². The van der Waals surface area contributed by atoms with E-state index in [0.717, 1.165) is 31.2 Å². The molecule has 20 heavy (non-hydrogen) atoms. The summed E-state index contributed by atoms with van der Waals surface area (Å²) in [6.07, 6.45) is 10.5. The van der Waals surface area contributed by atoms with Gasteiger partial charge in [-0.05, 0) is 30.5 Å². The molecule has 2 aromatic rings. The van der Waals surface area contributed by atoms with Crippen LogP contribution < -0.4 is 0 Å². The second-order valence-corrected chi connectivity index (χ2v) is 6.06. The number of nitrogens with zero attached hydrogens (tertiary/aromatic N) is 2. The van der Waals surface area contributed by atoms with Crippen LogP contribution in [0.15, 0.2) is 43.0 Å². The number of benzene rings is 1. The first kappa shape index (κ1) is 13.7. The number of imidazole rings is 1. The highest BCUT2D eigenvalue weighted by Gasteiger charge is 2.39. The first-order valence-corrected chi connectivity index (χ1v) is 7.52. The zero-order valence-corrected chi connectivity index (χ0v) is 12.1. The van der Waals surface area contributed by atoms with Crippen LogP contribution in [0.3, 0.4) is 0 Å². The summed E-state index contributed by atoms with van der Waals surface area (Å²) in [6.45, 7) is 0. The van der Waals surface area contributed by atoms with Crippen LogP contribution in [0.2, 0.25) is 5.02 Å². The Morgan fingerprint density at radius 1 is 1.15 bits per heavy atom. The number of halogens is 1. The minimum Gasteiger partial charge on any atom is -0.387 e. The van der Waals surface area contributed by atoms with Crippen LogP contribution in [-0.4, -0.2) is 20.3 Å². The van der Waals surface area contributed by atoms with E-state index in [4.69, 9.17) is 11.6 Å². The lowest BCUT2D eigenvalue weighted by atomic mass is 9.77. The Morgan fingerprint density at radius 3 is 2.45 bits per heavy atom. The molecule has 1 aliphatic carbocycles. The third kappa shape index (κ3) is 2.60. The zero-order valence-electron chi connectivity index (χ0n) is 11.4. The fourth-order valence-corrected chi connectivity index (χ4v) is 3.39. The second-order valence-electron chi connectivity index (χ2n) is 5.63. The Bertz CT molecular complexity index is 544. The molecule has 4 heteroatoms. The molecule has 0 amide bonds. The third-order valence-corrected chi connectivity index (χ3v) is 4.49. The highest BCUT2D eigenvalue weighted by atomic mass is 35.5. The van der Waals surface area contributed by atoms with Gasteiger partial charge in [-0.25, -0.2) is 4.98 Å². The molecule has 1 aromatic heterocycles. The Balaban J connectivity index is 2.02. The second kappa shape index (κ2) is 5.58. The topological polar surface area (TPSA) is 38.0 Å². The zero-order chi connectivity index (χ0) is 14.0. The predicted molar refractivity (Wildman–Crippen MR) is 79.9 cm³/mol. The molecule has 1 N–H and O–H groups in total. The molecule has 3 rings (SSSR count). The first-order chi connectivity index (χ1) is 9.69. The minimum atomic E-state index is -0.702. The lowest BCUT2D eigenvalue weighted by Gasteiger charge is -2.40. The molecular formula is C16H19ClN2O. The number of rotatable bonds is 3. The molecule has 106 valence electrons. The molecule has 1 fully saturated rings. The van der Waals surface area contributed by atoms with Gasteiger partial charge in [-0.2, -0.15) is 0 Å². The van der Waals surface area contributed by atoms with Crippen molar-refractivity contribution >= 4 is 11.6 Å². The van der Waals surface area contributed by atoms with Crippen molar-refractivity contribution in [1.82, 2.24) is 9.55 Å². The number of hydrogen-bond donors (Lipinski definition) is 1. The summed E-state index contributed by atoms with van der Waals surface area (Å²) in [5.41, 5.74) is 0.379. The molecule has 1 aliphatic rings. The van der Waals surface area contributed by atoms with Crippen LogP contribution in [0.5, 0.6) is 0 Å². The van der Waals surface area contributed by atoms with Gasteiger partial charge >= 0.3 is 0 Å². The van der Waals surface area contributed by atoms with E-state index in [-0.39, 0.29) is 6.04 Å². The van der Waals surface area contributed by atoms with Gasteiger partial charge in [0.25, 0.3) is 0 Å². The van der Waals surface area contributed by atoms with Gasteiger partial charge in [-0.1, -0.05) is 43.0 Å².